The first kappa shape index (κ1) is 40.4. The summed E-state index contributed by atoms with van der Waals surface area (Å²) in [6, 6.07) is 38.9. The summed E-state index contributed by atoms with van der Waals surface area (Å²) in [5, 5.41) is 1.03. The average Bonchev–Trinajstić information content (AvgIpc) is 3.55. The molecule has 0 saturated carbocycles. The lowest BCUT2D eigenvalue weighted by molar-refractivity contribution is 0.0755. The lowest BCUT2D eigenvalue weighted by atomic mass is 10.1. The largest absolute Gasteiger partial charge is 0.494 e. The molecule has 5 aromatic carbocycles. The van der Waals surface area contributed by atoms with Crippen LogP contribution in [0.4, 0.5) is 0 Å². The second kappa shape index (κ2) is 20.6. The van der Waals surface area contributed by atoms with Crippen LogP contribution in [-0.4, -0.2) is 48.1 Å². The van der Waals surface area contributed by atoms with Crippen LogP contribution in [0.2, 0.25) is 0 Å². The second-order valence-corrected chi connectivity index (χ2v) is 16.4. The fourth-order valence-corrected chi connectivity index (χ4v) is 7.94. The lowest BCUT2D eigenvalue weighted by Crippen LogP contribution is -2.10. The van der Waals surface area contributed by atoms with Crippen molar-refractivity contribution < 1.29 is 36.3 Å². The summed E-state index contributed by atoms with van der Waals surface area (Å²) in [6.45, 7) is 5.32. The SMILES string of the molecule is Cc1ccc(S(=O)(=O)OCCCOCCCOCCCCOc2ccc(Oc3c(-c4ccc(Br)cc4)sc4cc(OCc5ccccc5)ccc34)cc2)cc1. The minimum Gasteiger partial charge on any atom is -0.494 e. The molecule has 0 N–H and O–H groups in total. The number of benzene rings is 5. The number of hydrogen-bond acceptors (Lipinski definition) is 9. The fraction of sp³-hybridized carbons (Fsp3) is 0.273. The van der Waals surface area contributed by atoms with Crippen LogP contribution >= 0.6 is 27.3 Å². The maximum Gasteiger partial charge on any atom is 0.296 e. The van der Waals surface area contributed by atoms with Gasteiger partial charge in [-0.1, -0.05) is 76.1 Å². The summed E-state index contributed by atoms with van der Waals surface area (Å²) in [5.74, 6) is 3.14. The van der Waals surface area contributed by atoms with Crippen molar-refractivity contribution in [3.05, 3.63) is 137 Å². The quantitative estimate of drug-likeness (QED) is 0.0493. The van der Waals surface area contributed by atoms with E-state index in [1.165, 1.54) is 0 Å². The third-order valence-corrected chi connectivity index (χ3v) is 11.6. The Balaban J connectivity index is 0.884. The van der Waals surface area contributed by atoms with Gasteiger partial charge < -0.3 is 23.7 Å². The molecule has 1 heterocycles. The summed E-state index contributed by atoms with van der Waals surface area (Å²) in [4.78, 5) is 1.21. The van der Waals surface area contributed by atoms with E-state index in [2.05, 4.69) is 52.3 Å². The highest BCUT2D eigenvalue weighted by Crippen LogP contribution is 2.47. The molecule has 6 rings (SSSR count). The van der Waals surface area contributed by atoms with Gasteiger partial charge >= 0.3 is 0 Å². The van der Waals surface area contributed by atoms with Gasteiger partial charge in [-0.15, -0.1) is 11.3 Å². The Morgan fingerprint density at radius 3 is 1.98 bits per heavy atom. The van der Waals surface area contributed by atoms with E-state index >= 15 is 0 Å². The third kappa shape index (κ3) is 12.4. The summed E-state index contributed by atoms with van der Waals surface area (Å²) in [5.41, 5.74) is 3.20. The standard InChI is InChI=1S/C44H45BrO8S2/c1-33-11-22-40(23-12-33)55(46,47)52-30-8-28-49-27-7-26-48-25-5-6-29-50-37-17-19-38(20-18-37)53-43-41-24-21-39(51-32-34-9-3-2-4-10-34)31-42(41)54-44(43)35-13-15-36(45)16-14-35/h2-4,9-24,31H,5-8,25-30,32H2,1H3. The normalized spacial score (nSPS) is 11.5. The number of unbranched alkanes of at least 4 members (excludes halogenated alkanes) is 1. The van der Waals surface area contributed by atoms with Crippen LogP contribution < -0.4 is 14.2 Å². The molecule has 11 heteroatoms. The molecule has 0 aliphatic rings. The van der Waals surface area contributed by atoms with Crippen molar-refractivity contribution in [2.24, 2.45) is 0 Å². The van der Waals surface area contributed by atoms with E-state index in [-0.39, 0.29) is 11.5 Å². The van der Waals surface area contributed by atoms with Crippen molar-refractivity contribution in [3.8, 4) is 33.4 Å². The molecular formula is C44H45BrO8S2. The molecule has 1 aromatic heterocycles. The Kier molecular flexibility index (Phi) is 15.2. The van der Waals surface area contributed by atoms with E-state index in [0.29, 0.717) is 46.1 Å². The highest BCUT2D eigenvalue weighted by Gasteiger charge is 2.18. The van der Waals surface area contributed by atoms with Crippen LogP contribution in [0.15, 0.2) is 131 Å². The van der Waals surface area contributed by atoms with Gasteiger partial charge in [0.05, 0.1) is 23.0 Å². The van der Waals surface area contributed by atoms with Crippen molar-refractivity contribution in [3.63, 3.8) is 0 Å². The number of fused-ring (bicyclic) bond motifs is 1. The van der Waals surface area contributed by atoms with Gasteiger partial charge in [0.2, 0.25) is 0 Å². The molecule has 0 aliphatic heterocycles. The van der Waals surface area contributed by atoms with Crippen LogP contribution in [0.3, 0.4) is 0 Å². The van der Waals surface area contributed by atoms with E-state index in [4.69, 9.17) is 27.9 Å². The Hall–Kier alpha value is -4.23. The van der Waals surface area contributed by atoms with Gasteiger partial charge in [0.15, 0.2) is 5.75 Å². The maximum atomic E-state index is 12.2. The fourth-order valence-electron chi connectivity index (χ4n) is 5.56. The van der Waals surface area contributed by atoms with Crippen LogP contribution in [0.1, 0.15) is 36.8 Å². The molecule has 0 fully saturated rings. The molecule has 0 saturated heterocycles. The second-order valence-electron chi connectivity index (χ2n) is 12.8. The summed E-state index contributed by atoms with van der Waals surface area (Å²) in [6.07, 6.45) is 3.02. The van der Waals surface area contributed by atoms with Gasteiger partial charge in [0.1, 0.15) is 23.9 Å². The van der Waals surface area contributed by atoms with Crippen molar-refractivity contribution in [2.75, 3.05) is 39.6 Å². The van der Waals surface area contributed by atoms with Gasteiger partial charge in [0, 0.05) is 41.0 Å². The Morgan fingerprint density at radius 1 is 0.618 bits per heavy atom. The molecule has 6 aromatic rings. The predicted octanol–water partition coefficient (Wildman–Crippen LogP) is 11.4. The van der Waals surface area contributed by atoms with E-state index in [0.717, 1.165) is 78.4 Å². The zero-order valence-corrected chi connectivity index (χ0v) is 34.0. The van der Waals surface area contributed by atoms with E-state index in [9.17, 15) is 8.42 Å². The number of aryl methyl sites for hydroxylation is 1. The van der Waals surface area contributed by atoms with Gasteiger partial charge in [-0.05, 0) is 110 Å². The van der Waals surface area contributed by atoms with Crippen molar-refractivity contribution in [2.45, 2.75) is 44.1 Å². The highest BCUT2D eigenvalue weighted by molar-refractivity contribution is 9.10. The molecule has 8 nitrogen and oxygen atoms in total. The van der Waals surface area contributed by atoms with E-state index < -0.39 is 10.1 Å². The summed E-state index contributed by atoms with van der Waals surface area (Å²) in [7, 11) is -3.74. The minimum absolute atomic E-state index is 0.0843. The first-order chi connectivity index (χ1) is 26.8. The van der Waals surface area contributed by atoms with E-state index in [1.54, 1.807) is 35.6 Å². The Bertz CT molecular complexity index is 2170. The summed E-state index contributed by atoms with van der Waals surface area (Å²) < 4.78 is 61.6. The van der Waals surface area contributed by atoms with Gasteiger partial charge in [-0.25, -0.2) is 0 Å². The summed E-state index contributed by atoms with van der Waals surface area (Å²) >= 11 is 5.24. The molecule has 0 bridgehead atoms. The van der Waals surface area contributed by atoms with Crippen LogP contribution in [0.25, 0.3) is 20.5 Å². The highest BCUT2D eigenvalue weighted by atomic mass is 79.9. The van der Waals surface area contributed by atoms with Crippen LogP contribution in [0, 0.1) is 6.92 Å². The zero-order chi connectivity index (χ0) is 38.3. The predicted molar refractivity (Wildman–Crippen MR) is 222 cm³/mol. The van der Waals surface area contributed by atoms with Gasteiger partial charge in [-0.2, -0.15) is 8.42 Å². The Labute approximate surface area is 336 Å². The average molecular weight is 846 g/mol. The first-order valence-corrected chi connectivity index (χ1v) is 21.4. The number of ether oxygens (including phenoxy) is 5. The maximum absolute atomic E-state index is 12.2. The van der Waals surface area contributed by atoms with Crippen LogP contribution in [0.5, 0.6) is 23.0 Å². The molecule has 0 radical (unpaired) electrons. The topological polar surface area (TPSA) is 89.5 Å². The molecule has 0 unspecified atom stereocenters. The Morgan fingerprint density at radius 2 is 1.25 bits per heavy atom. The number of thiophene rings is 1. The molecule has 0 amide bonds. The van der Waals surface area contributed by atoms with Crippen LogP contribution in [-0.2, 0) is 30.4 Å². The molecular weight excluding hydrogens is 801 g/mol. The monoisotopic (exact) mass is 844 g/mol. The van der Waals surface area contributed by atoms with Gasteiger partial charge in [-0.3, -0.25) is 4.18 Å². The third-order valence-electron chi connectivity index (χ3n) is 8.52. The smallest absolute Gasteiger partial charge is 0.296 e. The first-order valence-electron chi connectivity index (χ1n) is 18.4. The van der Waals surface area contributed by atoms with Gasteiger partial charge in [0.25, 0.3) is 10.1 Å². The zero-order valence-electron chi connectivity index (χ0n) is 30.8. The number of rotatable bonds is 22. The number of halogens is 1. The molecule has 0 spiro atoms. The molecule has 0 aliphatic carbocycles. The molecule has 0 atom stereocenters. The van der Waals surface area contributed by atoms with Crippen molar-refractivity contribution >= 4 is 47.5 Å². The lowest BCUT2D eigenvalue weighted by Gasteiger charge is -2.11. The molecule has 55 heavy (non-hydrogen) atoms. The molecule has 288 valence electrons. The minimum atomic E-state index is -3.74. The van der Waals surface area contributed by atoms with Crippen molar-refractivity contribution in [1.82, 2.24) is 0 Å². The van der Waals surface area contributed by atoms with Crippen molar-refractivity contribution in [1.29, 1.82) is 0 Å². The van der Waals surface area contributed by atoms with E-state index in [1.807, 2.05) is 67.6 Å². The number of hydrogen-bond donors (Lipinski definition) is 0.